The number of hydrogen-bond donors (Lipinski definition) is 2. The van der Waals surface area contributed by atoms with Crippen molar-refractivity contribution in [1.82, 2.24) is 5.43 Å². The third-order valence-electron chi connectivity index (χ3n) is 2.39. The molecule has 3 nitrogen and oxygen atoms in total. The summed E-state index contributed by atoms with van der Waals surface area (Å²) in [6.45, 7) is 3.99. The van der Waals surface area contributed by atoms with Crippen LogP contribution in [0.5, 0.6) is 0 Å². The van der Waals surface area contributed by atoms with E-state index in [1.807, 2.05) is 11.8 Å². The molecule has 1 aliphatic rings. The molecule has 1 rings (SSSR count). The van der Waals surface area contributed by atoms with Gasteiger partial charge in [-0.1, -0.05) is 6.92 Å². The first-order valence-electron chi connectivity index (χ1n) is 5.00. The van der Waals surface area contributed by atoms with Crippen LogP contribution in [0.25, 0.3) is 0 Å². The number of rotatable bonds is 6. The Morgan fingerprint density at radius 1 is 1.69 bits per heavy atom. The lowest BCUT2D eigenvalue weighted by Gasteiger charge is -2.20. The SMILES string of the molecule is CCCSCC(NN)C1CCOC1. The molecule has 3 N–H and O–H groups in total. The van der Waals surface area contributed by atoms with Gasteiger partial charge in [0.2, 0.25) is 0 Å². The van der Waals surface area contributed by atoms with Gasteiger partial charge in [0.05, 0.1) is 6.61 Å². The molecule has 4 heteroatoms. The van der Waals surface area contributed by atoms with Crippen molar-refractivity contribution in [2.24, 2.45) is 11.8 Å². The fourth-order valence-electron chi connectivity index (χ4n) is 1.55. The van der Waals surface area contributed by atoms with E-state index in [1.54, 1.807) is 0 Å². The van der Waals surface area contributed by atoms with Gasteiger partial charge in [-0.15, -0.1) is 0 Å². The van der Waals surface area contributed by atoms with Crippen molar-refractivity contribution in [1.29, 1.82) is 0 Å². The van der Waals surface area contributed by atoms with Crippen LogP contribution in [-0.4, -0.2) is 30.8 Å². The minimum absolute atomic E-state index is 0.430. The van der Waals surface area contributed by atoms with Gasteiger partial charge >= 0.3 is 0 Å². The highest BCUT2D eigenvalue weighted by atomic mass is 32.2. The van der Waals surface area contributed by atoms with Crippen LogP contribution in [0.4, 0.5) is 0 Å². The van der Waals surface area contributed by atoms with Gasteiger partial charge in [0.25, 0.3) is 0 Å². The second-order valence-electron chi connectivity index (χ2n) is 3.47. The van der Waals surface area contributed by atoms with Gasteiger partial charge in [0, 0.05) is 24.3 Å². The smallest absolute Gasteiger partial charge is 0.0510 e. The van der Waals surface area contributed by atoms with E-state index in [1.165, 1.54) is 12.2 Å². The van der Waals surface area contributed by atoms with Gasteiger partial charge in [0.15, 0.2) is 0 Å². The molecule has 78 valence electrons. The summed E-state index contributed by atoms with van der Waals surface area (Å²) >= 11 is 1.97. The summed E-state index contributed by atoms with van der Waals surface area (Å²) in [5, 5.41) is 0. The fourth-order valence-corrected chi connectivity index (χ4v) is 2.62. The van der Waals surface area contributed by atoms with Gasteiger partial charge < -0.3 is 4.74 Å². The van der Waals surface area contributed by atoms with E-state index < -0.39 is 0 Å². The Balaban J connectivity index is 2.16. The lowest BCUT2D eigenvalue weighted by atomic mass is 10.0. The largest absolute Gasteiger partial charge is 0.381 e. The molecule has 1 heterocycles. The number of nitrogens with one attached hydrogen (secondary N) is 1. The van der Waals surface area contributed by atoms with Crippen LogP contribution in [0, 0.1) is 5.92 Å². The molecule has 2 unspecified atom stereocenters. The summed E-state index contributed by atoms with van der Waals surface area (Å²) in [7, 11) is 0. The van der Waals surface area contributed by atoms with Crippen molar-refractivity contribution in [3.8, 4) is 0 Å². The fraction of sp³-hybridized carbons (Fsp3) is 1.00. The summed E-state index contributed by atoms with van der Waals surface area (Å²) < 4.78 is 5.34. The van der Waals surface area contributed by atoms with Crippen LogP contribution in [0.2, 0.25) is 0 Å². The number of nitrogens with two attached hydrogens (primary N) is 1. The van der Waals surface area contributed by atoms with Gasteiger partial charge in [-0.3, -0.25) is 11.3 Å². The Labute approximate surface area is 84.7 Å². The summed E-state index contributed by atoms with van der Waals surface area (Å²) in [5.74, 6) is 8.47. The van der Waals surface area contributed by atoms with E-state index in [9.17, 15) is 0 Å². The first kappa shape index (κ1) is 11.3. The maximum Gasteiger partial charge on any atom is 0.0510 e. The van der Waals surface area contributed by atoms with Crippen LogP contribution in [-0.2, 0) is 4.74 Å². The highest BCUT2D eigenvalue weighted by Crippen LogP contribution is 2.19. The van der Waals surface area contributed by atoms with Crippen molar-refractivity contribution in [2.45, 2.75) is 25.8 Å². The van der Waals surface area contributed by atoms with E-state index in [-0.39, 0.29) is 0 Å². The van der Waals surface area contributed by atoms with E-state index in [0.717, 1.165) is 25.4 Å². The zero-order chi connectivity index (χ0) is 9.52. The molecular weight excluding hydrogens is 184 g/mol. The number of thioether (sulfide) groups is 1. The second kappa shape index (κ2) is 6.65. The van der Waals surface area contributed by atoms with E-state index in [4.69, 9.17) is 10.6 Å². The average molecular weight is 204 g/mol. The summed E-state index contributed by atoms with van der Waals surface area (Å²) in [6, 6.07) is 0.430. The zero-order valence-corrected chi connectivity index (χ0v) is 9.11. The number of ether oxygens (including phenoxy) is 1. The highest BCUT2D eigenvalue weighted by Gasteiger charge is 2.24. The average Bonchev–Trinajstić information content (AvgIpc) is 2.65. The zero-order valence-electron chi connectivity index (χ0n) is 8.29. The molecule has 13 heavy (non-hydrogen) atoms. The molecule has 0 aromatic rings. The van der Waals surface area contributed by atoms with Crippen molar-refractivity contribution in [3.63, 3.8) is 0 Å². The second-order valence-corrected chi connectivity index (χ2v) is 4.62. The van der Waals surface area contributed by atoms with Crippen molar-refractivity contribution in [3.05, 3.63) is 0 Å². The van der Waals surface area contributed by atoms with Gasteiger partial charge in [-0.2, -0.15) is 11.8 Å². The van der Waals surface area contributed by atoms with Gasteiger partial charge in [-0.05, 0) is 18.6 Å². The molecule has 0 aliphatic carbocycles. The molecule has 0 aromatic heterocycles. The standard InChI is InChI=1S/C9H20N2OS/c1-2-5-13-7-9(11-10)8-3-4-12-6-8/h8-9,11H,2-7,10H2,1H3. The van der Waals surface area contributed by atoms with Gasteiger partial charge in [-0.25, -0.2) is 0 Å². The van der Waals surface area contributed by atoms with Gasteiger partial charge in [0.1, 0.15) is 0 Å². The van der Waals surface area contributed by atoms with Crippen LogP contribution in [0.15, 0.2) is 0 Å². The molecule has 1 saturated heterocycles. The topological polar surface area (TPSA) is 47.3 Å². The third-order valence-corrected chi connectivity index (χ3v) is 3.69. The van der Waals surface area contributed by atoms with E-state index >= 15 is 0 Å². The Hall–Kier alpha value is 0.230. The molecule has 2 atom stereocenters. The van der Waals surface area contributed by atoms with Crippen LogP contribution in [0.3, 0.4) is 0 Å². The minimum atomic E-state index is 0.430. The maximum atomic E-state index is 5.52. The molecular formula is C9H20N2OS. The molecule has 0 bridgehead atoms. The molecule has 0 saturated carbocycles. The first-order chi connectivity index (χ1) is 6.38. The van der Waals surface area contributed by atoms with Crippen molar-refractivity contribution < 1.29 is 4.74 Å². The molecule has 0 spiro atoms. The normalized spacial score (nSPS) is 24.9. The Bertz CT molecular complexity index is 129. The predicted molar refractivity (Wildman–Crippen MR) is 57.7 cm³/mol. The summed E-state index contributed by atoms with van der Waals surface area (Å²) in [5.41, 5.74) is 2.90. The highest BCUT2D eigenvalue weighted by molar-refractivity contribution is 7.99. The molecule has 1 fully saturated rings. The predicted octanol–water partition coefficient (Wildman–Crippen LogP) is 0.998. The Morgan fingerprint density at radius 3 is 3.08 bits per heavy atom. The lowest BCUT2D eigenvalue weighted by Crippen LogP contribution is -2.43. The molecule has 0 amide bonds. The maximum absolute atomic E-state index is 5.52. The molecule has 1 aliphatic heterocycles. The third kappa shape index (κ3) is 3.85. The molecule has 0 radical (unpaired) electrons. The Kier molecular flexibility index (Phi) is 5.78. The Morgan fingerprint density at radius 2 is 2.54 bits per heavy atom. The van der Waals surface area contributed by atoms with Crippen molar-refractivity contribution >= 4 is 11.8 Å². The summed E-state index contributed by atoms with van der Waals surface area (Å²) in [4.78, 5) is 0. The van der Waals surface area contributed by atoms with Crippen LogP contribution >= 0.6 is 11.8 Å². The van der Waals surface area contributed by atoms with E-state index in [0.29, 0.717) is 12.0 Å². The van der Waals surface area contributed by atoms with Crippen LogP contribution in [0.1, 0.15) is 19.8 Å². The quantitative estimate of drug-likeness (QED) is 0.385. The monoisotopic (exact) mass is 204 g/mol. The van der Waals surface area contributed by atoms with Crippen molar-refractivity contribution in [2.75, 3.05) is 24.7 Å². The number of hydrazine groups is 1. The van der Waals surface area contributed by atoms with E-state index in [2.05, 4.69) is 12.3 Å². The minimum Gasteiger partial charge on any atom is -0.381 e. The summed E-state index contributed by atoms with van der Waals surface area (Å²) in [6.07, 6.45) is 2.39. The molecule has 0 aromatic carbocycles. The number of hydrogen-bond acceptors (Lipinski definition) is 4. The van der Waals surface area contributed by atoms with Crippen LogP contribution < -0.4 is 11.3 Å². The lowest BCUT2D eigenvalue weighted by molar-refractivity contribution is 0.179. The first-order valence-corrected chi connectivity index (χ1v) is 6.15.